The SMILES string of the molecule is CCOC(C)c1noc(CN(CCO)C2CCCCC2)n1. The van der Waals surface area contributed by atoms with Crippen molar-refractivity contribution in [1.29, 1.82) is 0 Å². The summed E-state index contributed by atoms with van der Waals surface area (Å²) in [4.78, 5) is 6.69. The summed E-state index contributed by atoms with van der Waals surface area (Å²) >= 11 is 0. The molecule has 0 saturated heterocycles. The molecule has 1 N–H and O–H groups in total. The average Bonchev–Trinajstić information content (AvgIpc) is 2.97. The third-order valence-corrected chi connectivity index (χ3v) is 4.08. The van der Waals surface area contributed by atoms with Gasteiger partial charge in [0, 0.05) is 19.2 Å². The molecule has 1 aromatic rings. The van der Waals surface area contributed by atoms with Crippen molar-refractivity contribution >= 4 is 0 Å². The first-order valence-corrected chi connectivity index (χ1v) is 8.03. The first kappa shape index (κ1) is 16.4. The van der Waals surface area contributed by atoms with Crippen molar-refractivity contribution in [3.8, 4) is 0 Å². The van der Waals surface area contributed by atoms with Crippen molar-refractivity contribution in [2.24, 2.45) is 0 Å². The zero-order valence-electron chi connectivity index (χ0n) is 13.1. The first-order chi connectivity index (χ1) is 10.2. The summed E-state index contributed by atoms with van der Waals surface area (Å²) in [5.74, 6) is 1.20. The normalized spacial score (nSPS) is 18.3. The summed E-state index contributed by atoms with van der Waals surface area (Å²) < 4.78 is 10.8. The predicted octanol–water partition coefficient (Wildman–Crippen LogP) is 2.29. The van der Waals surface area contributed by atoms with E-state index in [2.05, 4.69) is 15.0 Å². The van der Waals surface area contributed by atoms with Crippen LogP contribution in [0.2, 0.25) is 0 Å². The van der Waals surface area contributed by atoms with Crippen LogP contribution in [-0.2, 0) is 11.3 Å². The summed E-state index contributed by atoms with van der Waals surface area (Å²) in [7, 11) is 0. The van der Waals surface area contributed by atoms with Gasteiger partial charge >= 0.3 is 0 Å². The lowest BCUT2D eigenvalue weighted by Gasteiger charge is -2.32. The van der Waals surface area contributed by atoms with Gasteiger partial charge in [-0.3, -0.25) is 4.90 Å². The van der Waals surface area contributed by atoms with E-state index in [0.29, 0.717) is 37.5 Å². The molecule has 1 heterocycles. The quantitative estimate of drug-likeness (QED) is 0.794. The van der Waals surface area contributed by atoms with Crippen molar-refractivity contribution in [3.63, 3.8) is 0 Å². The van der Waals surface area contributed by atoms with Crippen LogP contribution in [0.4, 0.5) is 0 Å². The molecule has 2 rings (SSSR count). The Morgan fingerprint density at radius 3 is 2.81 bits per heavy atom. The number of aliphatic hydroxyl groups excluding tert-OH is 1. The predicted molar refractivity (Wildman–Crippen MR) is 78.7 cm³/mol. The number of hydrogen-bond acceptors (Lipinski definition) is 6. The molecule has 0 bridgehead atoms. The van der Waals surface area contributed by atoms with Gasteiger partial charge in [0.05, 0.1) is 13.2 Å². The van der Waals surface area contributed by atoms with Crippen molar-refractivity contribution in [2.45, 2.75) is 64.6 Å². The molecule has 0 spiro atoms. The number of nitrogens with zero attached hydrogens (tertiary/aromatic N) is 3. The monoisotopic (exact) mass is 297 g/mol. The maximum Gasteiger partial charge on any atom is 0.240 e. The van der Waals surface area contributed by atoms with Gasteiger partial charge in [0.2, 0.25) is 5.89 Å². The molecule has 1 unspecified atom stereocenters. The van der Waals surface area contributed by atoms with E-state index in [1.165, 1.54) is 32.1 Å². The molecule has 21 heavy (non-hydrogen) atoms. The van der Waals surface area contributed by atoms with Gasteiger partial charge in [-0.2, -0.15) is 4.98 Å². The topological polar surface area (TPSA) is 71.6 Å². The van der Waals surface area contributed by atoms with E-state index >= 15 is 0 Å². The fraction of sp³-hybridized carbons (Fsp3) is 0.867. The van der Waals surface area contributed by atoms with Crippen LogP contribution in [0.1, 0.15) is 63.8 Å². The zero-order chi connectivity index (χ0) is 15.1. The van der Waals surface area contributed by atoms with Gasteiger partial charge in [-0.25, -0.2) is 0 Å². The van der Waals surface area contributed by atoms with E-state index in [1.54, 1.807) is 0 Å². The molecule has 0 aromatic carbocycles. The Morgan fingerprint density at radius 2 is 2.14 bits per heavy atom. The second-order valence-electron chi connectivity index (χ2n) is 5.63. The van der Waals surface area contributed by atoms with Crippen LogP contribution in [0.3, 0.4) is 0 Å². The molecule has 6 heteroatoms. The molecule has 6 nitrogen and oxygen atoms in total. The molecule has 120 valence electrons. The lowest BCUT2D eigenvalue weighted by molar-refractivity contribution is 0.0683. The standard InChI is InChI=1S/C15H27N3O3/c1-3-20-12(2)15-16-14(21-17-15)11-18(9-10-19)13-7-5-4-6-8-13/h12-13,19H,3-11H2,1-2H3. The molecule has 1 aliphatic rings. The Hall–Kier alpha value is -0.980. The van der Waals surface area contributed by atoms with E-state index in [9.17, 15) is 5.11 Å². The van der Waals surface area contributed by atoms with Gasteiger partial charge < -0.3 is 14.4 Å². The molecule has 0 radical (unpaired) electrons. The minimum atomic E-state index is -0.145. The van der Waals surface area contributed by atoms with Crippen molar-refractivity contribution < 1.29 is 14.4 Å². The minimum absolute atomic E-state index is 0.145. The summed E-state index contributed by atoms with van der Waals surface area (Å²) in [5.41, 5.74) is 0. The Bertz CT molecular complexity index is 405. The van der Waals surface area contributed by atoms with Crippen molar-refractivity contribution in [3.05, 3.63) is 11.7 Å². The lowest BCUT2D eigenvalue weighted by atomic mass is 9.94. The van der Waals surface area contributed by atoms with E-state index in [4.69, 9.17) is 9.26 Å². The van der Waals surface area contributed by atoms with Crippen LogP contribution >= 0.6 is 0 Å². The van der Waals surface area contributed by atoms with E-state index < -0.39 is 0 Å². The third-order valence-electron chi connectivity index (χ3n) is 4.08. The lowest BCUT2D eigenvalue weighted by Crippen LogP contribution is -2.38. The molecule has 1 aliphatic carbocycles. The van der Waals surface area contributed by atoms with Crippen molar-refractivity contribution in [2.75, 3.05) is 19.8 Å². The summed E-state index contributed by atoms with van der Waals surface area (Å²) in [6.07, 6.45) is 6.09. The van der Waals surface area contributed by atoms with Gasteiger partial charge in [0.15, 0.2) is 5.82 Å². The smallest absolute Gasteiger partial charge is 0.240 e. The van der Waals surface area contributed by atoms with Gasteiger partial charge in [-0.05, 0) is 26.7 Å². The minimum Gasteiger partial charge on any atom is -0.395 e. The van der Waals surface area contributed by atoms with Gasteiger partial charge in [-0.1, -0.05) is 24.4 Å². The Balaban J connectivity index is 1.96. The highest BCUT2D eigenvalue weighted by Crippen LogP contribution is 2.24. The molecular weight excluding hydrogens is 270 g/mol. The van der Waals surface area contributed by atoms with Crippen LogP contribution in [0.15, 0.2) is 4.52 Å². The largest absolute Gasteiger partial charge is 0.395 e. The number of aromatic nitrogens is 2. The summed E-state index contributed by atoms with van der Waals surface area (Å²) in [6, 6.07) is 0.519. The molecule has 1 atom stereocenters. The average molecular weight is 297 g/mol. The molecule has 1 aromatic heterocycles. The maximum absolute atomic E-state index is 9.28. The molecule has 1 fully saturated rings. The van der Waals surface area contributed by atoms with E-state index in [1.807, 2.05) is 13.8 Å². The van der Waals surface area contributed by atoms with Gasteiger partial charge in [0.25, 0.3) is 0 Å². The Kier molecular flexibility index (Phi) is 6.60. The fourth-order valence-electron chi connectivity index (χ4n) is 2.96. The maximum atomic E-state index is 9.28. The highest BCUT2D eigenvalue weighted by molar-refractivity contribution is 4.91. The first-order valence-electron chi connectivity index (χ1n) is 8.03. The van der Waals surface area contributed by atoms with Crippen LogP contribution in [0, 0.1) is 0 Å². The third kappa shape index (κ3) is 4.76. The second-order valence-corrected chi connectivity index (χ2v) is 5.63. The van der Waals surface area contributed by atoms with E-state index in [-0.39, 0.29) is 12.7 Å². The zero-order valence-corrected chi connectivity index (χ0v) is 13.1. The highest BCUT2D eigenvalue weighted by atomic mass is 16.5. The Labute approximate surface area is 126 Å². The Morgan fingerprint density at radius 1 is 1.38 bits per heavy atom. The number of rotatable bonds is 8. The number of aliphatic hydroxyl groups is 1. The van der Waals surface area contributed by atoms with E-state index in [0.717, 1.165) is 0 Å². The van der Waals surface area contributed by atoms with Crippen LogP contribution < -0.4 is 0 Å². The summed E-state index contributed by atoms with van der Waals surface area (Å²) in [6.45, 7) is 5.92. The molecular formula is C15H27N3O3. The van der Waals surface area contributed by atoms with Crippen LogP contribution in [0.25, 0.3) is 0 Å². The van der Waals surface area contributed by atoms with Crippen molar-refractivity contribution in [1.82, 2.24) is 15.0 Å². The number of ether oxygens (including phenoxy) is 1. The fourth-order valence-corrected chi connectivity index (χ4v) is 2.96. The van der Waals surface area contributed by atoms with Gasteiger partial charge in [-0.15, -0.1) is 0 Å². The molecule has 0 amide bonds. The number of hydrogen-bond donors (Lipinski definition) is 1. The second kappa shape index (κ2) is 8.46. The van der Waals surface area contributed by atoms with Crippen LogP contribution in [-0.4, -0.2) is 45.9 Å². The summed E-state index contributed by atoms with van der Waals surface area (Å²) in [5, 5.41) is 13.3. The van der Waals surface area contributed by atoms with Gasteiger partial charge in [0.1, 0.15) is 6.10 Å². The molecule has 0 aliphatic heterocycles. The van der Waals surface area contributed by atoms with Crippen LogP contribution in [0.5, 0.6) is 0 Å². The molecule has 1 saturated carbocycles. The highest BCUT2D eigenvalue weighted by Gasteiger charge is 2.23.